The molecule has 0 aliphatic carbocycles. The second kappa shape index (κ2) is 7.31. The van der Waals surface area contributed by atoms with Crippen molar-refractivity contribution in [3.8, 4) is 0 Å². The van der Waals surface area contributed by atoms with Crippen LogP contribution in [0.1, 0.15) is 24.0 Å². The van der Waals surface area contributed by atoms with Gasteiger partial charge in [-0.15, -0.1) is 0 Å². The van der Waals surface area contributed by atoms with Crippen molar-refractivity contribution in [3.05, 3.63) is 29.3 Å². The van der Waals surface area contributed by atoms with Crippen LogP contribution in [0.15, 0.2) is 18.2 Å². The third-order valence-electron chi connectivity index (χ3n) is 4.02. The second-order valence-corrected chi connectivity index (χ2v) is 7.88. The van der Waals surface area contributed by atoms with Gasteiger partial charge >= 0.3 is 0 Å². The monoisotopic (exact) mass is 340 g/mol. The van der Waals surface area contributed by atoms with Crippen LogP contribution in [-0.4, -0.2) is 46.4 Å². The summed E-state index contributed by atoms with van der Waals surface area (Å²) in [6, 6.07) is 5.35. The van der Waals surface area contributed by atoms with E-state index in [0.29, 0.717) is 12.2 Å². The van der Waals surface area contributed by atoms with Crippen molar-refractivity contribution in [2.24, 2.45) is 0 Å². The third kappa shape index (κ3) is 4.94. The maximum atomic E-state index is 12.1. The number of nitrogens with one attached hydrogen (secondary N) is 1. The van der Waals surface area contributed by atoms with Gasteiger partial charge in [0, 0.05) is 13.2 Å². The zero-order valence-corrected chi connectivity index (χ0v) is 14.6. The minimum absolute atomic E-state index is 0.0345. The second-order valence-electron chi connectivity index (χ2n) is 5.98. The predicted octanol–water partition coefficient (Wildman–Crippen LogP) is 1.36. The number of anilines is 1. The molecule has 7 heteroatoms. The summed E-state index contributed by atoms with van der Waals surface area (Å²) in [4.78, 5) is 12.1. The molecule has 1 aromatic rings. The first kappa shape index (κ1) is 17.7. The topological polar surface area (TPSA) is 75.7 Å². The van der Waals surface area contributed by atoms with E-state index in [9.17, 15) is 13.2 Å². The number of hydrogen-bond donors (Lipinski definition) is 1. The molecule has 0 spiro atoms. The molecule has 23 heavy (non-hydrogen) atoms. The first-order valence-corrected chi connectivity index (χ1v) is 9.55. The Morgan fingerprint density at radius 1 is 1.35 bits per heavy atom. The highest BCUT2D eigenvalue weighted by Gasteiger charge is 2.22. The Morgan fingerprint density at radius 3 is 2.65 bits per heavy atom. The number of benzene rings is 1. The molecule has 6 nitrogen and oxygen atoms in total. The molecule has 1 aliphatic heterocycles. The molecule has 0 saturated carbocycles. The van der Waals surface area contributed by atoms with Gasteiger partial charge in [-0.25, -0.2) is 8.42 Å². The van der Waals surface area contributed by atoms with E-state index < -0.39 is 10.0 Å². The number of aryl methyl sites for hydroxylation is 2. The largest absolute Gasteiger partial charge is 0.376 e. The molecule has 1 saturated heterocycles. The van der Waals surface area contributed by atoms with Crippen LogP contribution < -0.4 is 9.62 Å². The summed E-state index contributed by atoms with van der Waals surface area (Å²) < 4.78 is 30.7. The third-order valence-corrected chi connectivity index (χ3v) is 5.16. The van der Waals surface area contributed by atoms with Crippen molar-refractivity contribution in [3.63, 3.8) is 0 Å². The van der Waals surface area contributed by atoms with Crippen molar-refractivity contribution >= 4 is 21.6 Å². The Bertz CT molecular complexity index is 667. The van der Waals surface area contributed by atoms with Crippen LogP contribution >= 0.6 is 0 Å². The average Bonchev–Trinajstić information content (AvgIpc) is 2.98. The molecule has 0 radical (unpaired) electrons. The molecular formula is C16H24N2O4S. The summed E-state index contributed by atoms with van der Waals surface area (Å²) in [5.41, 5.74) is 2.56. The molecule has 1 fully saturated rings. The number of sulfonamides is 1. The minimum atomic E-state index is -3.54. The van der Waals surface area contributed by atoms with Gasteiger partial charge in [0.15, 0.2) is 0 Å². The van der Waals surface area contributed by atoms with Gasteiger partial charge in [-0.3, -0.25) is 9.10 Å². The van der Waals surface area contributed by atoms with E-state index in [-0.39, 0.29) is 18.6 Å². The highest BCUT2D eigenvalue weighted by Crippen LogP contribution is 2.21. The van der Waals surface area contributed by atoms with E-state index in [0.717, 1.165) is 41.1 Å². The fourth-order valence-electron chi connectivity index (χ4n) is 2.50. The lowest BCUT2D eigenvalue weighted by Crippen LogP contribution is -2.42. The molecule has 1 aromatic carbocycles. The summed E-state index contributed by atoms with van der Waals surface area (Å²) in [6.07, 6.45) is 3.06. The molecule has 0 aromatic heterocycles. The number of rotatable bonds is 6. The highest BCUT2D eigenvalue weighted by atomic mass is 32.2. The van der Waals surface area contributed by atoms with Crippen molar-refractivity contribution in [2.75, 3.05) is 30.3 Å². The van der Waals surface area contributed by atoms with Crippen LogP contribution in [0.5, 0.6) is 0 Å². The molecule has 1 heterocycles. The molecule has 1 unspecified atom stereocenters. The van der Waals surface area contributed by atoms with Crippen LogP contribution in [0.4, 0.5) is 5.69 Å². The Morgan fingerprint density at radius 2 is 2.09 bits per heavy atom. The van der Waals surface area contributed by atoms with Crippen LogP contribution in [0, 0.1) is 13.8 Å². The first-order chi connectivity index (χ1) is 10.8. The van der Waals surface area contributed by atoms with Crippen LogP contribution in [0.3, 0.4) is 0 Å². The fourth-order valence-corrected chi connectivity index (χ4v) is 3.35. The number of carbonyl (C=O) groups excluding carboxylic acids is 1. The van der Waals surface area contributed by atoms with E-state index in [1.165, 1.54) is 0 Å². The van der Waals surface area contributed by atoms with Crippen LogP contribution in [-0.2, 0) is 19.6 Å². The van der Waals surface area contributed by atoms with Crippen molar-refractivity contribution in [1.29, 1.82) is 0 Å². The zero-order valence-electron chi connectivity index (χ0n) is 13.8. The van der Waals surface area contributed by atoms with Gasteiger partial charge in [0.2, 0.25) is 15.9 Å². The SMILES string of the molecule is Cc1ccc(N(CC(=O)NCC2CCCO2)S(C)(=O)=O)cc1C. The first-order valence-electron chi connectivity index (χ1n) is 7.70. The molecular weight excluding hydrogens is 316 g/mol. The quantitative estimate of drug-likeness (QED) is 0.848. The van der Waals surface area contributed by atoms with Gasteiger partial charge in [0.05, 0.1) is 18.0 Å². The predicted molar refractivity (Wildman–Crippen MR) is 90.1 cm³/mol. The summed E-state index contributed by atoms with van der Waals surface area (Å²) in [7, 11) is -3.54. The van der Waals surface area contributed by atoms with Crippen LogP contribution in [0.25, 0.3) is 0 Å². The van der Waals surface area contributed by atoms with E-state index in [1.54, 1.807) is 12.1 Å². The smallest absolute Gasteiger partial charge is 0.240 e. The summed E-state index contributed by atoms with van der Waals surface area (Å²) in [5.74, 6) is -0.329. The molecule has 1 atom stereocenters. The number of hydrogen-bond acceptors (Lipinski definition) is 4. The van der Waals surface area contributed by atoms with E-state index in [2.05, 4.69) is 5.32 Å². The Hall–Kier alpha value is -1.60. The average molecular weight is 340 g/mol. The van der Waals surface area contributed by atoms with Gasteiger partial charge in [0.1, 0.15) is 6.54 Å². The minimum Gasteiger partial charge on any atom is -0.376 e. The number of nitrogens with zero attached hydrogens (tertiary/aromatic N) is 1. The number of ether oxygens (including phenoxy) is 1. The molecule has 0 bridgehead atoms. The molecule has 128 valence electrons. The molecule has 1 amide bonds. The van der Waals surface area contributed by atoms with E-state index >= 15 is 0 Å². The number of carbonyl (C=O) groups is 1. The molecule has 1 N–H and O–H groups in total. The van der Waals surface area contributed by atoms with Gasteiger partial charge in [-0.2, -0.15) is 0 Å². The zero-order chi connectivity index (χ0) is 17.0. The summed E-state index contributed by atoms with van der Waals surface area (Å²) >= 11 is 0. The highest BCUT2D eigenvalue weighted by molar-refractivity contribution is 7.92. The Kier molecular flexibility index (Phi) is 5.64. The lowest BCUT2D eigenvalue weighted by molar-refractivity contribution is -0.120. The van der Waals surface area contributed by atoms with Gasteiger partial charge in [-0.05, 0) is 49.9 Å². The van der Waals surface area contributed by atoms with Crippen molar-refractivity contribution in [1.82, 2.24) is 5.32 Å². The maximum absolute atomic E-state index is 12.1. The lowest BCUT2D eigenvalue weighted by atomic mass is 10.1. The van der Waals surface area contributed by atoms with Crippen LogP contribution in [0.2, 0.25) is 0 Å². The van der Waals surface area contributed by atoms with Gasteiger partial charge < -0.3 is 10.1 Å². The lowest BCUT2D eigenvalue weighted by Gasteiger charge is -2.23. The summed E-state index contributed by atoms with van der Waals surface area (Å²) in [6.45, 7) is 4.78. The maximum Gasteiger partial charge on any atom is 0.240 e. The Balaban J connectivity index is 2.06. The Labute approximate surface area is 137 Å². The molecule has 2 rings (SSSR count). The normalized spacial score (nSPS) is 18.0. The van der Waals surface area contributed by atoms with Gasteiger partial charge in [0.25, 0.3) is 0 Å². The molecule has 1 aliphatic rings. The van der Waals surface area contributed by atoms with Gasteiger partial charge in [-0.1, -0.05) is 6.07 Å². The fraction of sp³-hybridized carbons (Fsp3) is 0.562. The van der Waals surface area contributed by atoms with Crippen molar-refractivity contribution < 1.29 is 17.9 Å². The summed E-state index contributed by atoms with van der Waals surface area (Å²) in [5, 5.41) is 2.75. The van der Waals surface area contributed by atoms with E-state index in [4.69, 9.17) is 4.74 Å². The number of amides is 1. The van der Waals surface area contributed by atoms with Crippen molar-refractivity contribution in [2.45, 2.75) is 32.8 Å². The standard InChI is InChI=1S/C16H24N2O4S/c1-12-6-7-14(9-13(12)2)18(23(3,20)21)11-16(19)17-10-15-5-4-8-22-15/h6-7,9,15H,4-5,8,10-11H2,1-3H3,(H,17,19). The van der Waals surface area contributed by atoms with E-state index in [1.807, 2.05) is 19.9 Å².